The van der Waals surface area contributed by atoms with Crippen LogP contribution >= 0.6 is 0 Å². The topological polar surface area (TPSA) is 46.5 Å². The molecular formula is C18H32O3. The van der Waals surface area contributed by atoms with Crippen LogP contribution in [0.15, 0.2) is 23.8 Å². The molecule has 0 aromatic heterocycles. The fourth-order valence-corrected chi connectivity index (χ4v) is 2.18. The Morgan fingerprint density at radius 2 is 2.05 bits per heavy atom. The summed E-state index contributed by atoms with van der Waals surface area (Å²) in [5.74, 6) is 0.325. The van der Waals surface area contributed by atoms with Gasteiger partial charge in [0, 0.05) is 6.08 Å². The molecule has 0 rings (SSSR count). The lowest BCUT2D eigenvalue weighted by Gasteiger charge is -2.22. The van der Waals surface area contributed by atoms with Crippen molar-refractivity contribution >= 4 is 5.97 Å². The number of allylic oxidation sites excluding steroid dienone is 3. The van der Waals surface area contributed by atoms with Gasteiger partial charge in [-0.05, 0) is 44.6 Å². The van der Waals surface area contributed by atoms with Crippen molar-refractivity contribution in [3.05, 3.63) is 23.8 Å². The van der Waals surface area contributed by atoms with E-state index in [1.807, 2.05) is 26.8 Å². The monoisotopic (exact) mass is 296 g/mol. The summed E-state index contributed by atoms with van der Waals surface area (Å²) in [4.78, 5) is 11.1. The Bertz CT molecular complexity index is 353. The fourth-order valence-electron chi connectivity index (χ4n) is 2.18. The van der Waals surface area contributed by atoms with E-state index in [-0.39, 0.29) is 5.97 Å². The summed E-state index contributed by atoms with van der Waals surface area (Å²) in [6, 6.07) is 0. The van der Waals surface area contributed by atoms with Gasteiger partial charge in [-0.1, -0.05) is 45.3 Å². The average molecular weight is 296 g/mol. The van der Waals surface area contributed by atoms with Gasteiger partial charge in [0.15, 0.2) is 0 Å². The first-order valence-corrected chi connectivity index (χ1v) is 7.99. The van der Waals surface area contributed by atoms with Crippen molar-refractivity contribution in [2.75, 3.05) is 7.11 Å². The third-order valence-electron chi connectivity index (χ3n) is 4.06. The molecule has 0 amide bonds. The van der Waals surface area contributed by atoms with Gasteiger partial charge in [0.1, 0.15) is 0 Å². The number of hydrogen-bond acceptors (Lipinski definition) is 3. The number of esters is 1. The van der Waals surface area contributed by atoms with Crippen LogP contribution in [0.3, 0.4) is 0 Å². The molecule has 122 valence electrons. The maximum atomic E-state index is 11.1. The molecule has 2 atom stereocenters. The number of aliphatic hydroxyl groups is 1. The highest BCUT2D eigenvalue weighted by Crippen LogP contribution is 2.22. The van der Waals surface area contributed by atoms with Crippen LogP contribution in [-0.4, -0.2) is 23.8 Å². The quantitative estimate of drug-likeness (QED) is 0.369. The summed E-state index contributed by atoms with van der Waals surface area (Å²) >= 11 is 0. The first-order valence-electron chi connectivity index (χ1n) is 7.99. The van der Waals surface area contributed by atoms with E-state index < -0.39 is 5.60 Å². The SMILES string of the molecule is CCC(C/C=C/C(C)=C/C(=O)OC)CCCC(C)(O)CC. The maximum absolute atomic E-state index is 11.1. The van der Waals surface area contributed by atoms with E-state index in [1.165, 1.54) is 13.2 Å². The maximum Gasteiger partial charge on any atom is 0.330 e. The molecule has 0 aromatic carbocycles. The first-order chi connectivity index (χ1) is 9.84. The first kappa shape index (κ1) is 19.9. The van der Waals surface area contributed by atoms with Gasteiger partial charge in [0.25, 0.3) is 0 Å². The van der Waals surface area contributed by atoms with Crippen molar-refractivity contribution in [1.82, 2.24) is 0 Å². The molecule has 2 unspecified atom stereocenters. The second kappa shape index (κ2) is 10.6. The molecule has 21 heavy (non-hydrogen) atoms. The van der Waals surface area contributed by atoms with Gasteiger partial charge >= 0.3 is 5.97 Å². The van der Waals surface area contributed by atoms with Gasteiger partial charge in [-0.2, -0.15) is 0 Å². The van der Waals surface area contributed by atoms with E-state index in [4.69, 9.17) is 0 Å². The fraction of sp³-hybridized carbons (Fsp3) is 0.722. The van der Waals surface area contributed by atoms with E-state index in [9.17, 15) is 9.90 Å². The summed E-state index contributed by atoms with van der Waals surface area (Å²) in [7, 11) is 1.38. The molecule has 0 fully saturated rings. The lowest BCUT2D eigenvalue weighted by atomic mass is 9.90. The molecule has 0 heterocycles. The van der Waals surface area contributed by atoms with Crippen molar-refractivity contribution in [3.8, 4) is 0 Å². The number of carbonyl (C=O) groups excluding carboxylic acids is 1. The highest BCUT2D eigenvalue weighted by Gasteiger charge is 2.17. The van der Waals surface area contributed by atoms with Crippen LogP contribution in [0.2, 0.25) is 0 Å². The summed E-state index contributed by atoms with van der Waals surface area (Å²) < 4.78 is 4.59. The van der Waals surface area contributed by atoms with E-state index in [0.29, 0.717) is 5.92 Å². The summed E-state index contributed by atoms with van der Waals surface area (Å²) in [6.07, 6.45) is 11.6. The van der Waals surface area contributed by atoms with Crippen LogP contribution in [0.25, 0.3) is 0 Å². The summed E-state index contributed by atoms with van der Waals surface area (Å²) in [6.45, 7) is 8.03. The van der Waals surface area contributed by atoms with Gasteiger partial charge in [-0.25, -0.2) is 4.79 Å². The van der Waals surface area contributed by atoms with E-state index >= 15 is 0 Å². The normalized spacial score (nSPS) is 16.8. The van der Waals surface area contributed by atoms with Crippen molar-refractivity contribution in [2.45, 2.75) is 71.8 Å². The Labute approximate surface area is 130 Å². The van der Waals surface area contributed by atoms with E-state index in [0.717, 1.165) is 44.1 Å². The molecule has 1 N–H and O–H groups in total. The summed E-state index contributed by atoms with van der Waals surface area (Å²) in [5.41, 5.74) is 0.388. The zero-order chi connectivity index (χ0) is 16.3. The second-order valence-electron chi connectivity index (χ2n) is 6.07. The van der Waals surface area contributed by atoms with Gasteiger partial charge in [0.2, 0.25) is 0 Å². The van der Waals surface area contributed by atoms with Crippen molar-refractivity contribution < 1.29 is 14.6 Å². The third-order valence-corrected chi connectivity index (χ3v) is 4.06. The lowest BCUT2D eigenvalue weighted by molar-refractivity contribution is -0.134. The number of hydrogen-bond donors (Lipinski definition) is 1. The van der Waals surface area contributed by atoms with Crippen LogP contribution in [0, 0.1) is 5.92 Å². The van der Waals surface area contributed by atoms with Gasteiger partial charge in [0.05, 0.1) is 12.7 Å². The molecule has 0 aliphatic rings. The molecular weight excluding hydrogens is 264 g/mol. The van der Waals surface area contributed by atoms with Crippen LogP contribution in [0.5, 0.6) is 0 Å². The van der Waals surface area contributed by atoms with E-state index in [2.05, 4.69) is 17.7 Å². The molecule has 0 saturated heterocycles. The van der Waals surface area contributed by atoms with Crippen molar-refractivity contribution in [3.63, 3.8) is 0 Å². The minimum atomic E-state index is -0.520. The molecule has 0 aliphatic carbocycles. The lowest BCUT2D eigenvalue weighted by Crippen LogP contribution is -2.22. The Balaban J connectivity index is 4.16. The van der Waals surface area contributed by atoms with Gasteiger partial charge < -0.3 is 9.84 Å². The molecule has 0 radical (unpaired) electrons. The Morgan fingerprint density at radius 3 is 2.57 bits per heavy atom. The molecule has 0 bridgehead atoms. The van der Waals surface area contributed by atoms with Gasteiger partial charge in [-0.15, -0.1) is 0 Å². The smallest absolute Gasteiger partial charge is 0.330 e. The molecule has 3 heteroatoms. The van der Waals surface area contributed by atoms with Crippen LogP contribution in [-0.2, 0) is 9.53 Å². The highest BCUT2D eigenvalue weighted by atomic mass is 16.5. The Kier molecular flexibility index (Phi) is 10.1. The standard InChI is InChI=1S/C18H32O3/c1-6-16(12-9-13-18(4,20)7-2)11-8-10-15(3)14-17(19)21-5/h8,10,14,16,20H,6-7,9,11-13H2,1-5H3/b10-8+,15-14+. The predicted octanol–water partition coefficient (Wildman–Crippen LogP) is 4.41. The zero-order valence-electron chi connectivity index (χ0n) is 14.3. The molecule has 0 aromatic rings. The molecule has 0 aliphatic heterocycles. The molecule has 0 spiro atoms. The minimum Gasteiger partial charge on any atom is -0.466 e. The minimum absolute atomic E-state index is 0.314. The van der Waals surface area contributed by atoms with Crippen LogP contribution in [0.1, 0.15) is 66.2 Å². The van der Waals surface area contributed by atoms with Crippen LogP contribution < -0.4 is 0 Å². The van der Waals surface area contributed by atoms with Crippen molar-refractivity contribution in [2.24, 2.45) is 5.92 Å². The van der Waals surface area contributed by atoms with Crippen LogP contribution in [0.4, 0.5) is 0 Å². The Hall–Kier alpha value is -1.09. The summed E-state index contributed by atoms with van der Waals surface area (Å²) in [5, 5.41) is 10.00. The number of methoxy groups -OCH3 is 1. The number of rotatable bonds is 10. The van der Waals surface area contributed by atoms with Crippen molar-refractivity contribution in [1.29, 1.82) is 0 Å². The third kappa shape index (κ3) is 10.3. The Morgan fingerprint density at radius 1 is 1.38 bits per heavy atom. The average Bonchev–Trinajstić information content (AvgIpc) is 2.45. The molecule has 3 nitrogen and oxygen atoms in total. The predicted molar refractivity (Wildman–Crippen MR) is 88.1 cm³/mol. The second-order valence-corrected chi connectivity index (χ2v) is 6.07. The largest absolute Gasteiger partial charge is 0.466 e. The van der Waals surface area contributed by atoms with E-state index in [1.54, 1.807) is 0 Å². The van der Waals surface area contributed by atoms with Gasteiger partial charge in [-0.3, -0.25) is 0 Å². The number of carbonyl (C=O) groups is 1. The zero-order valence-corrected chi connectivity index (χ0v) is 14.3. The number of ether oxygens (including phenoxy) is 1. The highest BCUT2D eigenvalue weighted by molar-refractivity contribution is 5.83. The molecule has 0 saturated carbocycles.